The van der Waals surface area contributed by atoms with Gasteiger partial charge in [0.25, 0.3) is 11.8 Å². The molecule has 3 rings (SSSR count). The van der Waals surface area contributed by atoms with E-state index in [0.717, 1.165) is 0 Å². The van der Waals surface area contributed by atoms with E-state index < -0.39 is 11.7 Å². The maximum Gasteiger partial charge on any atom is 0.255 e. The second-order valence-corrected chi connectivity index (χ2v) is 5.67. The first kappa shape index (κ1) is 18.1. The molecule has 6 heteroatoms. The van der Waals surface area contributed by atoms with Gasteiger partial charge in [-0.2, -0.15) is 0 Å². The van der Waals surface area contributed by atoms with E-state index >= 15 is 0 Å². The predicted octanol–water partition coefficient (Wildman–Crippen LogP) is 4.34. The fourth-order valence-electron chi connectivity index (χ4n) is 2.50. The molecule has 0 aromatic heterocycles. The second kappa shape index (κ2) is 8.14. The first-order valence-corrected chi connectivity index (χ1v) is 8.19. The molecule has 0 aliphatic heterocycles. The molecule has 0 atom stereocenters. The highest BCUT2D eigenvalue weighted by molar-refractivity contribution is 6.09. The number of benzene rings is 3. The molecule has 5 nitrogen and oxygen atoms in total. The number of methoxy groups -OCH3 is 1. The Hall–Kier alpha value is -3.67. The van der Waals surface area contributed by atoms with Crippen LogP contribution in [0.1, 0.15) is 20.7 Å². The molecular weight excluding hydrogens is 347 g/mol. The standard InChI is InChI=1S/C21H17FN2O3/c1-27-19-12-5-4-11-18(19)24-21(26)15-8-6-7-14(13-15)20(25)23-17-10-3-2-9-16(17)22/h2-13H,1H3,(H,23,25)(H,24,26). The van der Waals surface area contributed by atoms with E-state index in [9.17, 15) is 14.0 Å². The average molecular weight is 364 g/mol. The molecule has 0 aliphatic rings. The van der Waals surface area contributed by atoms with Crippen molar-refractivity contribution >= 4 is 23.2 Å². The third-order valence-corrected chi connectivity index (χ3v) is 3.86. The minimum absolute atomic E-state index is 0.0753. The van der Waals surface area contributed by atoms with Gasteiger partial charge in [-0.15, -0.1) is 0 Å². The number of para-hydroxylation sites is 3. The SMILES string of the molecule is COc1ccccc1NC(=O)c1cccc(C(=O)Nc2ccccc2F)c1. The van der Waals surface area contributed by atoms with E-state index in [-0.39, 0.29) is 17.2 Å². The number of ether oxygens (including phenoxy) is 1. The summed E-state index contributed by atoms with van der Waals surface area (Å²) in [5.41, 5.74) is 1.13. The van der Waals surface area contributed by atoms with Crippen LogP contribution in [-0.2, 0) is 0 Å². The van der Waals surface area contributed by atoms with Gasteiger partial charge in [0.2, 0.25) is 0 Å². The molecule has 0 heterocycles. The Kier molecular flexibility index (Phi) is 5.47. The quantitative estimate of drug-likeness (QED) is 0.708. The molecule has 2 amide bonds. The van der Waals surface area contributed by atoms with E-state index in [2.05, 4.69) is 10.6 Å². The van der Waals surface area contributed by atoms with Crippen molar-refractivity contribution in [3.05, 3.63) is 89.7 Å². The van der Waals surface area contributed by atoms with Gasteiger partial charge < -0.3 is 15.4 Å². The monoisotopic (exact) mass is 364 g/mol. The van der Waals surface area contributed by atoms with Crippen LogP contribution in [0.25, 0.3) is 0 Å². The molecule has 0 saturated carbocycles. The lowest BCUT2D eigenvalue weighted by molar-refractivity contribution is 0.102. The van der Waals surface area contributed by atoms with Crippen molar-refractivity contribution in [3.8, 4) is 5.75 Å². The molecule has 0 bridgehead atoms. The number of nitrogens with one attached hydrogen (secondary N) is 2. The van der Waals surface area contributed by atoms with Crippen molar-refractivity contribution in [1.82, 2.24) is 0 Å². The fraction of sp³-hybridized carbons (Fsp3) is 0.0476. The van der Waals surface area contributed by atoms with Crippen LogP contribution in [0.15, 0.2) is 72.8 Å². The van der Waals surface area contributed by atoms with Gasteiger partial charge in [0.1, 0.15) is 11.6 Å². The van der Waals surface area contributed by atoms with Gasteiger partial charge in [0.15, 0.2) is 0 Å². The Morgan fingerprint density at radius 2 is 1.33 bits per heavy atom. The van der Waals surface area contributed by atoms with Gasteiger partial charge in [-0.1, -0.05) is 30.3 Å². The Bertz CT molecular complexity index is 988. The van der Waals surface area contributed by atoms with Crippen molar-refractivity contribution in [1.29, 1.82) is 0 Å². The van der Waals surface area contributed by atoms with Crippen molar-refractivity contribution in [2.75, 3.05) is 17.7 Å². The first-order chi connectivity index (χ1) is 13.1. The number of anilines is 2. The summed E-state index contributed by atoms with van der Waals surface area (Å²) in [6, 6.07) is 19.1. The van der Waals surface area contributed by atoms with Crippen LogP contribution in [0.2, 0.25) is 0 Å². The fourth-order valence-corrected chi connectivity index (χ4v) is 2.50. The van der Waals surface area contributed by atoms with Crippen LogP contribution in [0, 0.1) is 5.82 Å². The summed E-state index contributed by atoms with van der Waals surface area (Å²) in [6.07, 6.45) is 0. The van der Waals surface area contributed by atoms with Crippen molar-refractivity contribution in [3.63, 3.8) is 0 Å². The van der Waals surface area contributed by atoms with Crippen molar-refractivity contribution < 1.29 is 18.7 Å². The highest BCUT2D eigenvalue weighted by atomic mass is 19.1. The van der Waals surface area contributed by atoms with Crippen molar-refractivity contribution in [2.24, 2.45) is 0 Å². The summed E-state index contributed by atoms with van der Waals surface area (Å²) >= 11 is 0. The Morgan fingerprint density at radius 1 is 0.778 bits per heavy atom. The van der Waals surface area contributed by atoms with E-state index in [1.54, 1.807) is 48.5 Å². The number of carbonyl (C=O) groups is 2. The van der Waals surface area contributed by atoms with Gasteiger partial charge in [0, 0.05) is 11.1 Å². The number of hydrogen-bond acceptors (Lipinski definition) is 3. The maximum absolute atomic E-state index is 13.7. The Morgan fingerprint density at radius 3 is 1.96 bits per heavy atom. The van der Waals surface area contributed by atoms with Crippen LogP contribution >= 0.6 is 0 Å². The van der Waals surface area contributed by atoms with Crippen LogP contribution in [-0.4, -0.2) is 18.9 Å². The van der Waals surface area contributed by atoms with Gasteiger partial charge in [-0.05, 0) is 42.5 Å². The van der Waals surface area contributed by atoms with E-state index in [0.29, 0.717) is 17.0 Å². The molecule has 0 unspecified atom stereocenters. The molecule has 0 saturated heterocycles. The Labute approximate surface area is 155 Å². The minimum Gasteiger partial charge on any atom is -0.495 e. The molecule has 0 fully saturated rings. The number of rotatable bonds is 5. The van der Waals surface area contributed by atoms with Crippen molar-refractivity contribution in [2.45, 2.75) is 0 Å². The number of halogens is 1. The number of amides is 2. The highest BCUT2D eigenvalue weighted by Crippen LogP contribution is 2.24. The number of hydrogen-bond donors (Lipinski definition) is 2. The van der Waals surface area contributed by atoms with Crippen LogP contribution in [0.4, 0.5) is 15.8 Å². The zero-order valence-corrected chi connectivity index (χ0v) is 14.5. The summed E-state index contributed by atoms with van der Waals surface area (Å²) in [5.74, 6) is -0.901. The number of carbonyl (C=O) groups excluding carboxylic acids is 2. The van der Waals surface area contributed by atoms with Crippen LogP contribution in [0.3, 0.4) is 0 Å². The molecule has 136 valence electrons. The van der Waals surface area contributed by atoms with E-state index in [1.165, 1.54) is 31.4 Å². The second-order valence-electron chi connectivity index (χ2n) is 5.67. The van der Waals surface area contributed by atoms with Gasteiger partial charge in [-0.3, -0.25) is 9.59 Å². The third-order valence-electron chi connectivity index (χ3n) is 3.86. The molecule has 3 aromatic carbocycles. The first-order valence-electron chi connectivity index (χ1n) is 8.19. The summed E-state index contributed by atoms with van der Waals surface area (Å²) in [6.45, 7) is 0. The molecular formula is C21H17FN2O3. The van der Waals surface area contributed by atoms with E-state index in [1.807, 2.05) is 0 Å². The lowest BCUT2D eigenvalue weighted by Gasteiger charge is -2.11. The largest absolute Gasteiger partial charge is 0.495 e. The molecule has 2 N–H and O–H groups in total. The topological polar surface area (TPSA) is 67.4 Å². The zero-order valence-electron chi connectivity index (χ0n) is 14.5. The summed E-state index contributed by atoms with van der Waals surface area (Å²) < 4.78 is 18.9. The predicted molar refractivity (Wildman–Crippen MR) is 102 cm³/mol. The zero-order chi connectivity index (χ0) is 19.2. The third kappa shape index (κ3) is 4.30. The van der Waals surface area contributed by atoms with Gasteiger partial charge in [-0.25, -0.2) is 4.39 Å². The van der Waals surface area contributed by atoms with Crippen LogP contribution in [0.5, 0.6) is 5.75 Å². The lowest BCUT2D eigenvalue weighted by Crippen LogP contribution is -2.16. The highest BCUT2D eigenvalue weighted by Gasteiger charge is 2.13. The molecule has 0 spiro atoms. The molecule has 0 radical (unpaired) electrons. The molecule has 3 aromatic rings. The minimum atomic E-state index is -0.532. The summed E-state index contributed by atoms with van der Waals surface area (Å²) in [7, 11) is 1.51. The average Bonchev–Trinajstić information content (AvgIpc) is 2.70. The lowest BCUT2D eigenvalue weighted by atomic mass is 10.1. The van der Waals surface area contributed by atoms with Gasteiger partial charge in [0.05, 0.1) is 18.5 Å². The van der Waals surface area contributed by atoms with E-state index in [4.69, 9.17) is 4.74 Å². The van der Waals surface area contributed by atoms with Gasteiger partial charge >= 0.3 is 0 Å². The summed E-state index contributed by atoms with van der Waals surface area (Å²) in [5, 5.41) is 5.24. The molecule has 27 heavy (non-hydrogen) atoms. The molecule has 0 aliphatic carbocycles. The normalized spacial score (nSPS) is 10.1. The smallest absolute Gasteiger partial charge is 0.255 e. The summed E-state index contributed by atoms with van der Waals surface area (Å²) in [4.78, 5) is 24.9. The maximum atomic E-state index is 13.7. The van der Waals surface area contributed by atoms with Crippen LogP contribution < -0.4 is 15.4 Å². The Balaban J connectivity index is 1.77.